The van der Waals surface area contributed by atoms with Gasteiger partial charge in [-0.05, 0) is 0 Å². The molecule has 0 aliphatic heterocycles. The monoisotopic (exact) mass is 390 g/mol. The number of esters is 1. The Balaban J connectivity index is 5.50. The van der Waals surface area contributed by atoms with E-state index in [0.29, 0.717) is 0 Å². The molecule has 0 radical (unpaired) electrons. The van der Waals surface area contributed by atoms with Crippen molar-refractivity contribution in [1.82, 2.24) is 0 Å². The summed E-state index contributed by atoms with van der Waals surface area (Å²) in [7, 11) is -5.33. The molecular weight excluding hydrogens is 371 g/mol. The van der Waals surface area contributed by atoms with Gasteiger partial charge in [-0.3, -0.25) is 14.1 Å². The Morgan fingerprint density at radius 2 is 1.60 bits per heavy atom. The third kappa shape index (κ3) is 8.47. The smallest absolute Gasteiger partial charge is 0.469 e. The molecule has 0 amide bonds. The number of rotatable bonds is 11. The van der Waals surface area contributed by atoms with E-state index in [1.54, 1.807) is 0 Å². The van der Waals surface area contributed by atoms with Crippen LogP contribution in [0, 0.1) is 0 Å². The second-order valence-corrected chi connectivity index (χ2v) is 6.06. The van der Waals surface area contributed by atoms with Gasteiger partial charge in [-0.2, -0.15) is 0 Å². The minimum absolute atomic E-state index is 0.869. The molecular formula is C11H19O13P. The van der Waals surface area contributed by atoms with Gasteiger partial charge in [0.15, 0.2) is 6.10 Å². The first kappa shape index (κ1) is 23.6. The lowest BCUT2D eigenvalue weighted by atomic mass is 9.96. The topological polar surface area (TPSA) is 228 Å². The van der Waals surface area contributed by atoms with Gasteiger partial charge in [0.1, 0.15) is 24.4 Å². The predicted octanol–water partition coefficient (Wildman–Crippen LogP) is -3.49. The summed E-state index contributed by atoms with van der Waals surface area (Å²) in [6, 6.07) is 0. The Kier molecular flexibility index (Phi) is 9.32. The van der Waals surface area contributed by atoms with E-state index in [1.165, 1.54) is 0 Å². The molecule has 0 heterocycles. The fourth-order valence-corrected chi connectivity index (χ4v) is 2.30. The minimum Gasteiger partial charge on any atom is -0.475 e. The number of carboxylic acid groups (broad SMARTS) is 1. The SMILES string of the molecule is CC(=O)O[C@@H]([C@H](O)[C@H](O)[C@H](CC(=O)C(=O)O)OP(=O)(O)O)[C@H](O)CO. The quantitative estimate of drug-likeness (QED) is 0.103. The van der Waals surface area contributed by atoms with Gasteiger partial charge in [0.2, 0.25) is 5.78 Å². The number of phosphoric acid groups is 1. The van der Waals surface area contributed by atoms with E-state index in [2.05, 4.69) is 9.26 Å². The molecule has 146 valence electrons. The van der Waals surface area contributed by atoms with Crippen LogP contribution in [0.1, 0.15) is 13.3 Å². The van der Waals surface area contributed by atoms with Gasteiger partial charge in [0, 0.05) is 13.3 Å². The minimum atomic E-state index is -5.33. The van der Waals surface area contributed by atoms with Crippen molar-refractivity contribution in [2.75, 3.05) is 6.61 Å². The second kappa shape index (κ2) is 9.89. The molecule has 0 saturated carbocycles. The molecule has 0 fully saturated rings. The molecule has 0 bridgehead atoms. The molecule has 0 rings (SSSR count). The van der Waals surface area contributed by atoms with Gasteiger partial charge in [-0.25, -0.2) is 9.36 Å². The van der Waals surface area contributed by atoms with Crippen LogP contribution in [0.25, 0.3) is 0 Å². The first-order chi connectivity index (χ1) is 11.3. The lowest BCUT2D eigenvalue weighted by Gasteiger charge is -2.32. The van der Waals surface area contributed by atoms with Gasteiger partial charge in [0.25, 0.3) is 0 Å². The number of aliphatic hydroxyl groups is 4. The van der Waals surface area contributed by atoms with Crippen LogP contribution in [0.4, 0.5) is 0 Å². The van der Waals surface area contributed by atoms with Gasteiger partial charge in [-0.15, -0.1) is 0 Å². The van der Waals surface area contributed by atoms with Crippen molar-refractivity contribution in [2.45, 2.75) is 43.9 Å². The summed E-state index contributed by atoms with van der Waals surface area (Å²) in [6.07, 6.45) is -12.0. The summed E-state index contributed by atoms with van der Waals surface area (Å²) >= 11 is 0. The first-order valence-corrected chi connectivity index (χ1v) is 8.15. The van der Waals surface area contributed by atoms with E-state index in [9.17, 15) is 34.3 Å². The summed E-state index contributed by atoms with van der Waals surface area (Å²) in [5, 5.41) is 46.8. The maximum Gasteiger partial charge on any atom is 0.469 e. The normalized spacial score (nSPS) is 17.9. The largest absolute Gasteiger partial charge is 0.475 e. The number of carbonyl (C=O) groups is 3. The predicted molar refractivity (Wildman–Crippen MR) is 74.8 cm³/mol. The maximum atomic E-state index is 11.2. The standard InChI is InChI=1S/C11H19O13P/c1-4(13)23-10(6(15)3-12)9(17)8(16)7(24-25(20,21)22)2-5(14)11(18)19/h6-10,12,15-17H,2-3H2,1H3,(H,18,19)(H2,20,21,22)/t6-,7+,8-,9-,10-/m1/s1. The molecule has 0 aromatic rings. The van der Waals surface area contributed by atoms with Crippen LogP contribution in [-0.4, -0.2) is 90.2 Å². The van der Waals surface area contributed by atoms with E-state index in [4.69, 9.17) is 20.0 Å². The maximum absolute atomic E-state index is 11.2. The van der Waals surface area contributed by atoms with Crippen LogP contribution in [0.2, 0.25) is 0 Å². The molecule has 0 aliphatic rings. The number of carbonyl (C=O) groups excluding carboxylic acids is 2. The number of ether oxygens (including phenoxy) is 1. The highest BCUT2D eigenvalue weighted by Gasteiger charge is 2.42. The zero-order valence-electron chi connectivity index (χ0n) is 12.8. The average Bonchev–Trinajstić information content (AvgIpc) is 2.47. The second-order valence-electron chi connectivity index (χ2n) is 4.87. The van der Waals surface area contributed by atoms with Crippen LogP contribution in [0.3, 0.4) is 0 Å². The number of carboxylic acids is 1. The van der Waals surface area contributed by atoms with Crippen molar-refractivity contribution in [1.29, 1.82) is 0 Å². The van der Waals surface area contributed by atoms with Gasteiger partial charge < -0.3 is 40.1 Å². The summed E-state index contributed by atoms with van der Waals surface area (Å²) in [5.74, 6) is -4.64. The molecule has 0 aromatic heterocycles. The summed E-state index contributed by atoms with van der Waals surface area (Å²) in [4.78, 5) is 50.3. The van der Waals surface area contributed by atoms with E-state index in [1.807, 2.05) is 0 Å². The van der Waals surface area contributed by atoms with Gasteiger partial charge in [-0.1, -0.05) is 0 Å². The highest BCUT2D eigenvalue weighted by molar-refractivity contribution is 7.46. The Hall–Kier alpha value is -1.44. The van der Waals surface area contributed by atoms with Crippen molar-refractivity contribution >= 4 is 25.5 Å². The first-order valence-electron chi connectivity index (χ1n) is 6.62. The average molecular weight is 390 g/mol. The third-order valence-corrected chi connectivity index (χ3v) is 3.38. The number of phosphoric ester groups is 1. The number of hydrogen-bond donors (Lipinski definition) is 7. The highest BCUT2D eigenvalue weighted by Crippen LogP contribution is 2.39. The number of ketones is 1. The zero-order valence-corrected chi connectivity index (χ0v) is 13.7. The lowest BCUT2D eigenvalue weighted by Crippen LogP contribution is -2.52. The highest BCUT2D eigenvalue weighted by atomic mass is 31.2. The molecule has 5 atom stereocenters. The number of aliphatic carboxylic acids is 1. The summed E-state index contributed by atoms with van der Waals surface area (Å²) < 4.78 is 19.5. The Morgan fingerprint density at radius 3 is 1.96 bits per heavy atom. The number of hydrogen-bond acceptors (Lipinski definition) is 10. The fraction of sp³-hybridized carbons (Fsp3) is 0.727. The van der Waals surface area contributed by atoms with Crippen molar-refractivity contribution in [3.8, 4) is 0 Å². The van der Waals surface area contributed by atoms with Crippen molar-refractivity contribution in [2.24, 2.45) is 0 Å². The van der Waals surface area contributed by atoms with E-state index < -0.39 is 69.1 Å². The lowest BCUT2D eigenvalue weighted by molar-refractivity contribution is -0.179. The Labute approximate surface area is 140 Å². The van der Waals surface area contributed by atoms with E-state index in [-0.39, 0.29) is 0 Å². The van der Waals surface area contributed by atoms with Crippen LogP contribution < -0.4 is 0 Å². The van der Waals surface area contributed by atoms with E-state index in [0.717, 1.165) is 6.92 Å². The zero-order chi connectivity index (χ0) is 19.9. The van der Waals surface area contributed by atoms with Crippen LogP contribution >= 0.6 is 7.82 Å². The molecule has 13 nitrogen and oxygen atoms in total. The summed E-state index contributed by atoms with van der Waals surface area (Å²) in [5.41, 5.74) is 0. The van der Waals surface area contributed by atoms with Crippen molar-refractivity contribution in [3.05, 3.63) is 0 Å². The molecule has 0 aliphatic carbocycles. The fourth-order valence-electron chi connectivity index (χ4n) is 1.75. The summed E-state index contributed by atoms with van der Waals surface area (Å²) in [6.45, 7) is -0.159. The molecule has 0 saturated heterocycles. The molecule has 0 spiro atoms. The molecule has 14 heteroatoms. The Morgan fingerprint density at radius 1 is 1.08 bits per heavy atom. The molecule has 0 unspecified atom stereocenters. The Bertz CT molecular complexity index is 528. The number of aliphatic hydroxyl groups excluding tert-OH is 4. The third-order valence-electron chi connectivity index (χ3n) is 2.83. The van der Waals surface area contributed by atoms with Crippen LogP contribution in [0.5, 0.6) is 0 Å². The van der Waals surface area contributed by atoms with Gasteiger partial charge in [0.05, 0.1) is 6.61 Å². The van der Waals surface area contributed by atoms with Crippen LogP contribution in [0.15, 0.2) is 0 Å². The van der Waals surface area contributed by atoms with Crippen molar-refractivity contribution < 1.29 is 63.5 Å². The molecule has 25 heavy (non-hydrogen) atoms. The van der Waals surface area contributed by atoms with Gasteiger partial charge >= 0.3 is 19.8 Å². The number of Topliss-reactive ketones (excluding diaryl/α,β-unsaturated/α-hetero) is 1. The van der Waals surface area contributed by atoms with Crippen LogP contribution in [-0.2, 0) is 28.2 Å². The van der Waals surface area contributed by atoms with Crippen molar-refractivity contribution in [3.63, 3.8) is 0 Å². The molecule has 0 aromatic carbocycles. The van der Waals surface area contributed by atoms with E-state index >= 15 is 0 Å². The molecule has 7 N–H and O–H groups in total.